The number of H-pyrrole nitrogens is 1. The molecular formula is C30H31N3O6S. The van der Waals surface area contributed by atoms with Crippen molar-refractivity contribution in [3.05, 3.63) is 71.9 Å². The first-order valence-electron chi connectivity index (χ1n) is 13.2. The van der Waals surface area contributed by atoms with E-state index in [1.807, 2.05) is 37.3 Å². The fraction of sp³-hybridized carbons (Fsp3) is 0.300. The SMILES string of the molecule is CCS(=O)(=O)c1ccc(Oc2cc3cc(-c4ccc(C(C)CC(=O)O)cn4)[nH]c3cc2C2CCC(=O)N2C)cc1. The second-order valence-electron chi connectivity index (χ2n) is 10.2. The summed E-state index contributed by atoms with van der Waals surface area (Å²) >= 11 is 0. The summed E-state index contributed by atoms with van der Waals surface area (Å²) in [7, 11) is -1.54. The Morgan fingerprint density at radius 3 is 2.52 bits per heavy atom. The van der Waals surface area contributed by atoms with Crippen molar-refractivity contribution < 1.29 is 27.9 Å². The number of rotatable bonds is 9. The van der Waals surface area contributed by atoms with Crippen molar-refractivity contribution in [2.24, 2.45) is 0 Å². The number of carbonyl (C=O) groups excluding carboxylic acids is 1. The minimum atomic E-state index is -3.32. The molecule has 2 aromatic carbocycles. The second-order valence-corrected chi connectivity index (χ2v) is 12.5. The topological polar surface area (TPSA) is 130 Å². The molecule has 2 aromatic heterocycles. The zero-order chi connectivity index (χ0) is 28.6. The first-order valence-corrected chi connectivity index (χ1v) is 14.8. The molecule has 10 heteroatoms. The maximum atomic E-state index is 12.4. The summed E-state index contributed by atoms with van der Waals surface area (Å²) < 4.78 is 30.7. The number of benzene rings is 2. The average Bonchev–Trinajstić information content (AvgIpc) is 3.50. The monoisotopic (exact) mass is 561 g/mol. The standard InChI is InChI=1S/C30H31N3O6S/c1-4-40(37,38)22-8-6-21(7-9-22)39-28-15-20-14-26(24-10-5-19(17-31-24)18(2)13-30(35)36)32-25(20)16-23(28)27-11-12-29(34)33(27)3/h5-10,14-18,27,32H,4,11-13H2,1-3H3,(H,35,36). The van der Waals surface area contributed by atoms with Crippen molar-refractivity contribution >= 4 is 32.6 Å². The Morgan fingerprint density at radius 1 is 1.18 bits per heavy atom. The Kier molecular flexibility index (Phi) is 7.37. The lowest BCUT2D eigenvalue weighted by Crippen LogP contribution is -2.22. The van der Waals surface area contributed by atoms with Gasteiger partial charge in [-0.2, -0.15) is 0 Å². The molecule has 1 amide bonds. The van der Waals surface area contributed by atoms with Gasteiger partial charge in [0.25, 0.3) is 0 Å². The Labute approximate surface area is 232 Å². The molecule has 1 saturated heterocycles. The maximum Gasteiger partial charge on any atom is 0.303 e. The van der Waals surface area contributed by atoms with Crippen LogP contribution in [0.2, 0.25) is 0 Å². The van der Waals surface area contributed by atoms with Gasteiger partial charge in [-0.05, 0) is 66.4 Å². The van der Waals surface area contributed by atoms with E-state index in [-0.39, 0.29) is 34.9 Å². The Morgan fingerprint density at radius 2 is 1.93 bits per heavy atom. The minimum Gasteiger partial charge on any atom is -0.481 e. The summed E-state index contributed by atoms with van der Waals surface area (Å²) in [6.45, 7) is 3.47. The Balaban J connectivity index is 1.51. The van der Waals surface area contributed by atoms with Crippen LogP contribution in [0.5, 0.6) is 11.5 Å². The highest BCUT2D eigenvalue weighted by Gasteiger charge is 2.31. The van der Waals surface area contributed by atoms with E-state index in [4.69, 9.17) is 9.84 Å². The van der Waals surface area contributed by atoms with Gasteiger partial charge in [0.1, 0.15) is 11.5 Å². The fourth-order valence-corrected chi connectivity index (χ4v) is 5.96. The van der Waals surface area contributed by atoms with E-state index in [0.717, 1.165) is 27.7 Å². The number of likely N-dealkylation sites (tertiary alicyclic amines) is 1. The van der Waals surface area contributed by atoms with Gasteiger partial charge in [0.15, 0.2) is 9.84 Å². The van der Waals surface area contributed by atoms with Gasteiger partial charge in [-0.15, -0.1) is 0 Å². The molecule has 1 aliphatic heterocycles. The number of carboxylic acids is 1. The molecule has 4 aromatic rings. The molecule has 0 spiro atoms. The molecule has 40 heavy (non-hydrogen) atoms. The number of hydrogen-bond acceptors (Lipinski definition) is 6. The zero-order valence-corrected chi connectivity index (χ0v) is 23.4. The lowest BCUT2D eigenvalue weighted by molar-refractivity contribution is -0.137. The van der Waals surface area contributed by atoms with Crippen molar-refractivity contribution in [2.45, 2.75) is 50.0 Å². The molecule has 5 rings (SSSR count). The number of hydrogen-bond donors (Lipinski definition) is 2. The van der Waals surface area contributed by atoms with Gasteiger partial charge >= 0.3 is 5.97 Å². The highest BCUT2D eigenvalue weighted by Crippen LogP contribution is 2.41. The molecule has 1 aliphatic rings. The van der Waals surface area contributed by atoms with Crippen LogP contribution in [0.25, 0.3) is 22.3 Å². The lowest BCUT2D eigenvalue weighted by atomic mass is 9.99. The van der Waals surface area contributed by atoms with Gasteiger partial charge in [0.2, 0.25) is 5.91 Å². The third-order valence-electron chi connectivity index (χ3n) is 7.51. The molecular weight excluding hydrogens is 530 g/mol. The average molecular weight is 562 g/mol. The molecule has 9 nitrogen and oxygen atoms in total. The number of sulfone groups is 1. The number of amides is 1. The van der Waals surface area contributed by atoms with Gasteiger partial charge in [-0.25, -0.2) is 8.42 Å². The summed E-state index contributed by atoms with van der Waals surface area (Å²) in [5, 5.41) is 9.96. The number of carboxylic acid groups (broad SMARTS) is 1. The van der Waals surface area contributed by atoms with Crippen LogP contribution in [-0.2, 0) is 19.4 Å². The molecule has 3 heterocycles. The van der Waals surface area contributed by atoms with E-state index in [0.29, 0.717) is 30.0 Å². The largest absolute Gasteiger partial charge is 0.481 e. The van der Waals surface area contributed by atoms with Gasteiger partial charge in [-0.1, -0.05) is 19.9 Å². The predicted molar refractivity (Wildman–Crippen MR) is 151 cm³/mol. The highest BCUT2D eigenvalue weighted by atomic mass is 32.2. The molecule has 1 fully saturated rings. The molecule has 0 aliphatic carbocycles. The van der Waals surface area contributed by atoms with Crippen LogP contribution in [0, 0.1) is 0 Å². The maximum absolute atomic E-state index is 12.4. The van der Waals surface area contributed by atoms with Gasteiger partial charge in [0, 0.05) is 36.1 Å². The zero-order valence-electron chi connectivity index (χ0n) is 22.5. The van der Waals surface area contributed by atoms with Crippen molar-refractivity contribution in [1.82, 2.24) is 14.9 Å². The third kappa shape index (κ3) is 5.44. The molecule has 208 valence electrons. The van der Waals surface area contributed by atoms with Crippen LogP contribution in [0.3, 0.4) is 0 Å². The summed E-state index contributed by atoms with van der Waals surface area (Å²) in [5.74, 6) is 0.167. The predicted octanol–water partition coefficient (Wildman–Crippen LogP) is 5.69. The van der Waals surface area contributed by atoms with Crippen LogP contribution in [-0.4, -0.2) is 53.1 Å². The van der Waals surface area contributed by atoms with E-state index in [1.165, 1.54) is 0 Å². The first kappa shape index (κ1) is 27.4. The van der Waals surface area contributed by atoms with Crippen LogP contribution < -0.4 is 4.74 Å². The smallest absolute Gasteiger partial charge is 0.303 e. The van der Waals surface area contributed by atoms with Gasteiger partial charge in [-0.3, -0.25) is 14.6 Å². The first-order chi connectivity index (χ1) is 19.1. The van der Waals surface area contributed by atoms with Crippen molar-refractivity contribution in [2.75, 3.05) is 12.8 Å². The van der Waals surface area contributed by atoms with E-state index < -0.39 is 15.8 Å². The molecule has 0 saturated carbocycles. The molecule has 0 bridgehead atoms. The van der Waals surface area contributed by atoms with Crippen molar-refractivity contribution in [3.63, 3.8) is 0 Å². The quantitative estimate of drug-likeness (QED) is 0.269. The molecule has 2 unspecified atom stereocenters. The van der Waals surface area contributed by atoms with E-state index in [9.17, 15) is 18.0 Å². The van der Waals surface area contributed by atoms with Crippen molar-refractivity contribution in [3.8, 4) is 22.9 Å². The Hall–Kier alpha value is -4.18. The summed E-state index contributed by atoms with van der Waals surface area (Å²) in [5.41, 5.74) is 4.07. The highest BCUT2D eigenvalue weighted by molar-refractivity contribution is 7.91. The number of fused-ring (bicyclic) bond motifs is 1. The van der Waals surface area contributed by atoms with Gasteiger partial charge in [0.05, 0.1) is 34.5 Å². The van der Waals surface area contributed by atoms with E-state index >= 15 is 0 Å². The number of ether oxygens (including phenoxy) is 1. The number of aromatic amines is 1. The summed E-state index contributed by atoms with van der Waals surface area (Å²) in [6, 6.07) is 15.8. The minimum absolute atomic E-state index is 0.0187. The van der Waals surface area contributed by atoms with Crippen LogP contribution in [0.15, 0.2) is 65.7 Å². The van der Waals surface area contributed by atoms with E-state index in [2.05, 4.69) is 9.97 Å². The third-order valence-corrected chi connectivity index (χ3v) is 9.26. The lowest BCUT2D eigenvalue weighted by Gasteiger charge is -2.23. The van der Waals surface area contributed by atoms with Crippen LogP contribution >= 0.6 is 0 Å². The van der Waals surface area contributed by atoms with Gasteiger partial charge < -0.3 is 19.7 Å². The number of nitrogens with zero attached hydrogens (tertiary/aromatic N) is 2. The second kappa shape index (κ2) is 10.8. The number of aliphatic carboxylic acids is 1. The van der Waals surface area contributed by atoms with Crippen molar-refractivity contribution in [1.29, 1.82) is 0 Å². The number of nitrogens with one attached hydrogen (secondary N) is 1. The normalized spacial score (nSPS) is 16.4. The number of aromatic nitrogens is 2. The molecule has 2 atom stereocenters. The fourth-order valence-electron chi connectivity index (χ4n) is 5.08. The van der Waals surface area contributed by atoms with Crippen LogP contribution in [0.4, 0.5) is 0 Å². The number of pyridine rings is 1. The molecule has 2 N–H and O–H groups in total. The molecule has 0 radical (unpaired) electrons. The summed E-state index contributed by atoms with van der Waals surface area (Å²) in [4.78, 5) is 33.4. The Bertz CT molecular complexity index is 1680. The van der Waals surface area contributed by atoms with E-state index in [1.54, 1.807) is 49.3 Å². The van der Waals surface area contributed by atoms with Crippen LogP contribution in [0.1, 0.15) is 56.2 Å². The summed E-state index contributed by atoms with van der Waals surface area (Å²) in [6.07, 6.45) is 2.86. The number of carbonyl (C=O) groups is 2.